The van der Waals surface area contributed by atoms with Gasteiger partial charge < -0.3 is 0 Å². The molecule has 0 spiro atoms. The van der Waals surface area contributed by atoms with Crippen molar-refractivity contribution in [1.82, 2.24) is 0 Å². The van der Waals surface area contributed by atoms with Gasteiger partial charge >= 0.3 is 29.6 Å². The van der Waals surface area contributed by atoms with Crippen LogP contribution in [0.4, 0.5) is 11.4 Å². The van der Waals surface area contributed by atoms with E-state index in [4.69, 9.17) is 0 Å². The third-order valence-electron chi connectivity index (χ3n) is 2.58. The molecule has 0 saturated carbocycles. The van der Waals surface area contributed by atoms with Crippen LogP contribution in [0.1, 0.15) is 11.1 Å². The zero-order chi connectivity index (χ0) is 14.8. The molecule has 0 atom stereocenters. The summed E-state index contributed by atoms with van der Waals surface area (Å²) in [5.41, 5.74) is 4.36. The van der Waals surface area contributed by atoms with Gasteiger partial charge in [-0.1, -0.05) is 35.4 Å². The molecule has 0 amide bonds. The van der Waals surface area contributed by atoms with Crippen LogP contribution in [0.2, 0.25) is 4.58 Å². The van der Waals surface area contributed by atoms with Crippen LogP contribution in [-0.2, 0) is 0 Å². The van der Waals surface area contributed by atoms with E-state index in [1.54, 1.807) is 37.5 Å². The number of nitrogens with zero attached hydrogens (tertiary/aromatic N) is 2. The fraction of sp³-hybridized carbons (Fsp3) is 0.176. The molecule has 2 rings (SSSR count). The van der Waals surface area contributed by atoms with Gasteiger partial charge in [0.1, 0.15) is 0 Å². The Labute approximate surface area is 136 Å². The molecular formula is C17H19N2Po. The van der Waals surface area contributed by atoms with Crippen molar-refractivity contribution in [3.8, 4) is 0 Å². The summed E-state index contributed by atoms with van der Waals surface area (Å²) < 4.78 is 2.08. The second-order valence-corrected chi connectivity index (χ2v) is 4.23. The van der Waals surface area contributed by atoms with Crippen molar-refractivity contribution in [2.24, 2.45) is 9.98 Å². The van der Waals surface area contributed by atoms with Gasteiger partial charge in [-0.25, -0.2) is 0 Å². The van der Waals surface area contributed by atoms with Crippen molar-refractivity contribution in [3.63, 3.8) is 0 Å². The van der Waals surface area contributed by atoms with Crippen molar-refractivity contribution in [2.45, 2.75) is 18.4 Å². The average molecular weight is 460 g/mol. The van der Waals surface area contributed by atoms with Gasteiger partial charge in [-0.2, -0.15) is 0 Å². The van der Waals surface area contributed by atoms with Gasteiger partial charge in [0.25, 0.3) is 0 Å². The minimum atomic E-state index is 0.941. The molecule has 3 heteroatoms. The van der Waals surface area contributed by atoms with E-state index in [-0.39, 0.29) is 0 Å². The summed E-state index contributed by atoms with van der Waals surface area (Å²) >= 11 is 1.58. The third kappa shape index (κ3) is 6.22. The molecule has 0 unspecified atom stereocenters. The fourth-order valence-corrected chi connectivity index (χ4v) is 1.50. The standard InChI is InChI=1S/C16H16N2.CH3.Po/c1-13-3-7-15(8-4-13)17-11-12-18-16-9-5-14(2)6-10-16;;/h3-12H,1-2H3;1H3;. The average Bonchev–Trinajstić information content (AvgIpc) is 2.49. The first-order valence-corrected chi connectivity index (χ1v) is 9.52. The van der Waals surface area contributed by atoms with Crippen molar-refractivity contribution >= 4 is 48.9 Å². The van der Waals surface area contributed by atoms with Crippen LogP contribution in [-0.4, -0.2) is 37.5 Å². The van der Waals surface area contributed by atoms with E-state index in [1.807, 2.05) is 48.5 Å². The Morgan fingerprint density at radius 3 is 1.25 bits per heavy atom. The van der Waals surface area contributed by atoms with Crippen LogP contribution >= 0.6 is 0 Å². The van der Waals surface area contributed by atoms with Crippen LogP contribution < -0.4 is 0 Å². The summed E-state index contributed by atoms with van der Waals surface area (Å²) in [6, 6.07) is 16.1. The Bertz CT molecular complexity index is 501. The first kappa shape index (κ1) is 16.7. The molecule has 20 heavy (non-hydrogen) atoms. The fourth-order valence-electron chi connectivity index (χ4n) is 1.50. The molecule has 0 bridgehead atoms. The summed E-state index contributed by atoms with van der Waals surface area (Å²) in [6.07, 6.45) is 3.43. The Kier molecular flexibility index (Phi) is 8.00. The molecule has 2 aromatic rings. The molecule has 0 N–H and O–H groups in total. The zero-order valence-electron chi connectivity index (χ0n) is 12.1. The summed E-state index contributed by atoms with van der Waals surface area (Å²) in [6.45, 7) is 4.12. The van der Waals surface area contributed by atoms with Gasteiger partial charge in [0.2, 0.25) is 0 Å². The molecule has 103 valence electrons. The van der Waals surface area contributed by atoms with Crippen LogP contribution in [0.3, 0.4) is 0 Å². The van der Waals surface area contributed by atoms with Gasteiger partial charge in [0, 0.05) is 12.4 Å². The summed E-state index contributed by atoms with van der Waals surface area (Å²) in [7, 11) is 0. The molecule has 2 aromatic carbocycles. The predicted octanol–water partition coefficient (Wildman–Crippen LogP) is 4.61. The first-order chi connectivity index (χ1) is 9.74. The maximum absolute atomic E-state index is 4.31. The summed E-state index contributed by atoms with van der Waals surface area (Å²) in [4.78, 5) is 8.61. The van der Waals surface area contributed by atoms with Gasteiger partial charge in [0.15, 0.2) is 0 Å². The molecule has 0 aliphatic heterocycles. The summed E-state index contributed by atoms with van der Waals surface area (Å²) in [5, 5.41) is 0. The van der Waals surface area contributed by atoms with E-state index in [0.29, 0.717) is 0 Å². The van der Waals surface area contributed by atoms with Crippen molar-refractivity contribution < 1.29 is 0 Å². The van der Waals surface area contributed by atoms with Gasteiger partial charge in [-0.05, 0) is 38.1 Å². The van der Waals surface area contributed by atoms with Crippen molar-refractivity contribution in [2.75, 3.05) is 0 Å². The molecule has 0 aromatic heterocycles. The zero-order valence-corrected chi connectivity index (χ0v) is 15.3. The van der Waals surface area contributed by atoms with E-state index >= 15 is 0 Å². The first-order valence-electron chi connectivity index (χ1n) is 6.35. The van der Waals surface area contributed by atoms with Gasteiger partial charge in [-0.3, -0.25) is 9.98 Å². The van der Waals surface area contributed by atoms with Crippen LogP contribution in [0.25, 0.3) is 0 Å². The number of benzene rings is 2. The van der Waals surface area contributed by atoms with Gasteiger partial charge in [0.05, 0.1) is 11.4 Å². The second-order valence-electron chi connectivity index (χ2n) is 4.23. The molecule has 0 aliphatic carbocycles. The monoisotopic (exact) mass is 460 g/mol. The number of rotatable bonds is 3. The Morgan fingerprint density at radius 2 is 0.950 bits per heavy atom. The predicted molar refractivity (Wildman–Crippen MR) is 90.3 cm³/mol. The number of aliphatic imine (C=N–C) groups is 2. The van der Waals surface area contributed by atoms with E-state index in [0.717, 1.165) is 11.4 Å². The third-order valence-corrected chi connectivity index (χ3v) is 2.58. The van der Waals surface area contributed by atoms with Crippen molar-refractivity contribution in [3.05, 3.63) is 59.7 Å². The molecular weight excluding hydrogens is 441 g/mol. The molecule has 0 heterocycles. The topological polar surface area (TPSA) is 24.7 Å². The molecule has 2 nitrogen and oxygen atoms in total. The molecule has 0 fully saturated rings. The Morgan fingerprint density at radius 1 is 0.650 bits per heavy atom. The van der Waals surface area contributed by atoms with Crippen LogP contribution in [0.15, 0.2) is 58.5 Å². The normalized spacial score (nSPS) is 10.6. The second kappa shape index (κ2) is 9.56. The van der Waals surface area contributed by atoms with E-state index < -0.39 is 0 Å². The van der Waals surface area contributed by atoms with Crippen LogP contribution in [0.5, 0.6) is 0 Å². The number of hydrogen-bond acceptors (Lipinski definition) is 2. The number of hydrogen-bond donors (Lipinski definition) is 0. The molecule has 0 aliphatic rings. The van der Waals surface area contributed by atoms with E-state index in [1.165, 1.54) is 11.1 Å². The van der Waals surface area contributed by atoms with Crippen LogP contribution in [0, 0.1) is 13.8 Å². The maximum atomic E-state index is 4.31. The number of aryl methyl sites for hydroxylation is 2. The summed E-state index contributed by atoms with van der Waals surface area (Å²) in [5.74, 6) is 0. The molecule has 1 radical (unpaired) electrons. The van der Waals surface area contributed by atoms with Crippen molar-refractivity contribution in [1.29, 1.82) is 0 Å². The SMILES string of the molecule is Cc1ccc(N=CC=Nc2ccc(C)cc2)cc1.[CH3][Po]. The van der Waals surface area contributed by atoms with Gasteiger partial charge in [-0.15, -0.1) is 0 Å². The quantitative estimate of drug-likeness (QED) is 0.598. The van der Waals surface area contributed by atoms with E-state index in [2.05, 4.69) is 28.4 Å². The minimum absolute atomic E-state index is 0.941. The Hall–Kier alpha value is -1.32. The Balaban J connectivity index is 0.000000956. The molecule has 0 saturated heterocycles. The van der Waals surface area contributed by atoms with E-state index in [9.17, 15) is 0 Å².